The second-order valence-corrected chi connectivity index (χ2v) is 4.83. The average Bonchev–Trinajstić information content (AvgIpc) is 2.76. The number of aromatic nitrogens is 3. The number of carbonyl (C=O) groups excluding carboxylic acids is 1. The standard InChI is InChI=1S/C11H11Cl2N3O2/c1-2-18-11(17)8-5-7(6-9(12)13)16-10(15-8)3-4-14-16/h3-5,9H,2,6H2,1H3. The molecule has 18 heavy (non-hydrogen) atoms. The molecule has 0 saturated heterocycles. The van der Waals surface area contributed by atoms with E-state index in [0.29, 0.717) is 24.4 Å². The summed E-state index contributed by atoms with van der Waals surface area (Å²) in [5.41, 5.74) is 1.50. The summed E-state index contributed by atoms with van der Waals surface area (Å²) < 4.78 is 6.51. The topological polar surface area (TPSA) is 56.5 Å². The fourth-order valence-corrected chi connectivity index (χ4v) is 1.91. The Morgan fingerprint density at radius 1 is 1.56 bits per heavy atom. The highest BCUT2D eigenvalue weighted by Crippen LogP contribution is 2.14. The number of halogens is 2. The molecule has 0 fully saturated rings. The third-order valence-electron chi connectivity index (χ3n) is 2.28. The average molecular weight is 288 g/mol. The van der Waals surface area contributed by atoms with Crippen molar-refractivity contribution in [3.63, 3.8) is 0 Å². The summed E-state index contributed by atoms with van der Waals surface area (Å²) in [6.45, 7) is 2.04. The number of fused-ring (bicyclic) bond motifs is 1. The van der Waals surface area contributed by atoms with E-state index in [1.807, 2.05) is 0 Å². The number of carbonyl (C=O) groups is 1. The number of alkyl halides is 2. The summed E-state index contributed by atoms with van der Waals surface area (Å²) in [6, 6.07) is 3.29. The van der Waals surface area contributed by atoms with Crippen LogP contribution in [-0.2, 0) is 11.2 Å². The lowest BCUT2D eigenvalue weighted by Crippen LogP contribution is -2.12. The molecular formula is C11H11Cl2N3O2. The molecule has 2 aromatic rings. The molecule has 0 aliphatic carbocycles. The highest BCUT2D eigenvalue weighted by atomic mass is 35.5. The maximum atomic E-state index is 11.7. The summed E-state index contributed by atoms with van der Waals surface area (Å²) in [6.07, 6.45) is 1.97. The fraction of sp³-hybridized carbons (Fsp3) is 0.364. The van der Waals surface area contributed by atoms with Crippen LogP contribution < -0.4 is 0 Å². The van der Waals surface area contributed by atoms with Gasteiger partial charge in [-0.25, -0.2) is 14.3 Å². The maximum absolute atomic E-state index is 11.7. The summed E-state index contributed by atoms with van der Waals surface area (Å²) >= 11 is 11.5. The molecule has 2 rings (SSSR count). The Hall–Kier alpha value is -1.33. The zero-order chi connectivity index (χ0) is 13.1. The van der Waals surface area contributed by atoms with Gasteiger partial charge in [0.05, 0.1) is 12.8 Å². The van der Waals surface area contributed by atoms with Crippen LogP contribution in [0.2, 0.25) is 0 Å². The van der Waals surface area contributed by atoms with Gasteiger partial charge in [-0.2, -0.15) is 5.10 Å². The van der Waals surface area contributed by atoms with Crippen LogP contribution in [0.25, 0.3) is 5.65 Å². The summed E-state index contributed by atoms with van der Waals surface area (Å²) in [5, 5.41) is 4.10. The van der Waals surface area contributed by atoms with Crippen LogP contribution in [0.4, 0.5) is 0 Å². The van der Waals surface area contributed by atoms with Gasteiger partial charge in [0.1, 0.15) is 4.84 Å². The molecular weight excluding hydrogens is 277 g/mol. The smallest absolute Gasteiger partial charge is 0.357 e. The Morgan fingerprint density at radius 3 is 3.00 bits per heavy atom. The zero-order valence-electron chi connectivity index (χ0n) is 9.64. The molecule has 96 valence electrons. The third kappa shape index (κ3) is 2.73. The van der Waals surface area contributed by atoms with Crippen molar-refractivity contribution in [3.05, 3.63) is 29.7 Å². The first-order chi connectivity index (χ1) is 8.61. The minimum atomic E-state index is -0.574. The molecule has 0 bridgehead atoms. The van der Waals surface area contributed by atoms with Gasteiger partial charge in [-0.3, -0.25) is 0 Å². The SMILES string of the molecule is CCOC(=O)c1cc(CC(Cl)Cl)n2nccc2n1. The number of ether oxygens (including phenoxy) is 1. The number of hydrogen-bond donors (Lipinski definition) is 0. The molecule has 7 heteroatoms. The highest BCUT2D eigenvalue weighted by molar-refractivity contribution is 6.44. The molecule has 0 saturated carbocycles. The molecule has 0 aliphatic heterocycles. The molecule has 0 aliphatic rings. The van der Waals surface area contributed by atoms with Crippen LogP contribution in [0.15, 0.2) is 18.3 Å². The van der Waals surface area contributed by atoms with Gasteiger partial charge in [-0.05, 0) is 13.0 Å². The first kappa shape index (κ1) is 13.1. The van der Waals surface area contributed by atoms with E-state index in [1.165, 1.54) is 0 Å². The summed E-state index contributed by atoms with van der Waals surface area (Å²) in [5.74, 6) is -0.469. The van der Waals surface area contributed by atoms with Crippen LogP contribution in [0, 0.1) is 0 Å². The molecule has 0 amide bonds. The van der Waals surface area contributed by atoms with E-state index >= 15 is 0 Å². The molecule has 0 N–H and O–H groups in total. The molecule has 0 atom stereocenters. The first-order valence-corrected chi connectivity index (χ1v) is 6.28. The lowest BCUT2D eigenvalue weighted by atomic mass is 10.2. The van der Waals surface area contributed by atoms with Crippen molar-refractivity contribution >= 4 is 34.8 Å². The molecule has 0 spiro atoms. The Balaban J connectivity index is 2.46. The number of hydrogen-bond acceptors (Lipinski definition) is 4. The molecule has 0 aromatic carbocycles. The Bertz CT molecular complexity index is 568. The van der Waals surface area contributed by atoms with E-state index < -0.39 is 10.8 Å². The van der Waals surface area contributed by atoms with Crippen molar-refractivity contribution in [1.29, 1.82) is 0 Å². The Labute approximate surface area is 114 Å². The Kier molecular flexibility index (Phi) is 4.04. The normalized spacial score (nSPS) is 11.1. The number of esters is 1. The molecule has 0 unspecified atom stereocenters. The predicted molar refractivity (Wildman–Crippen MR) is 68.1 cm³/mol. The van der Waals surface area contributed by atoms with E-state index in [2.05, 4.69) is 10.1 Å². The highest BCUT2D eigenvalue weighted by Gasteiger charge is 2.15. The van der Waals surface area contributed by atoms with Crippen molar-refractivity contribution in [2.75, 3.05) is 6.61 Å². The van der Waals surface area contributed by atoms with Crippen molar-refractivity contribution in [1.82, 2.24) is 14.6 Å². The van der Waals surface area contributed by atoms with Crippen LogP contribution in [0.3, 0.4) is 0 Å². The lowest BCUT2D eigenvalue weighted by Gasteiger charge is -2.07. The maximum Gasteiger partial charge on any atom is 0.357 e. The monoisotopic (exact) mass is 287 g/mol. The number of nitrogens with zero attached hydrogens (tertiary/aromatic N) is 3. The van der Waals surface area contributed by atoms with Crippen LogP contribution in [0.5, 0.6) is 0 Å². The van der Waals surface area contributed by atoms with Crippen molar-refractivity contribution in [2.45, 2.75) is 18.2 Å². The van der Waals surface area contributed by atoms with Crippen LogP contribution in [-0.4, -0.2) is 32.0 Å². The molecule has 5 nitrogen and oxygen atoms in total. The first-order valence-electron chi connectivity index (χ1n) is 5.40. The van der Waals surface area contributed by atoms with Gasteiger partial charge in [-0.15, -0.1) is 23.2 Å². The third-order valence-corrected chi connectivity index (χ3v) is 2.59. The van der Waals surface area contributed by atoms with Gasteiger partial charge in [0.25, 0.3) is 0 Å². The zero-order valence-corrected chi connectivity index (χ0v) is 11.1. The molecule has 2 aromatic heterocycles. The van der Waals surface area contributed by atoms with Crippen molar-refractivity contribution < 1.29 is 9.53 Å². The van der Waals surface area contributed by atoms with Crippen molar-refractivity contribution in [2.24, 2.45) is 0 Å². The minimum absolute atomic E-state index is 0.230. The van der Waals surface area contributed by atoms with E-state index in [1.54, 1.807) is 29.8 Å². The summed E-state index contributed by atoms with van der Waals surface area (Å²) in [4.78, 5) is 15.3. The van der Waals surface area contributed by atoms with Crippen LogP contribution >= 0.6 is 23.2 Å². The van der Waals surface area contributed by atoms with E-state index in [0.717, 1.165) is 0 Å². The van der Waals surface area contributed by atoms with Gasteiger partial charge in [0.2, 0.25) is 0 Å². The van der Waals surface area contributed by atoms with Gasteiger partial charge in [0, 0.05) is 18.2 Å². The van der Waals surface area contributed by atoms with Gasteiger partial charge < -0.3 is 4.74 Å². The second kappa shape index (κ2) is 5.54. The van der Waals surface area contributed by atoms with Gasteiger partial charge >= 0.3 is 5.97 Å². The predicted octanol–water partition coefficient (Wildman–Crippen LogP) is 2.25. The van der Waals surface area contributed by atoms with Crippen LogP contribution in [0.1, 0.15) is 23.1 Å². The van der Waals surface area contributed by atoms with Gasteiger partial charge in [-0.1, -0.05) is 0 Å². The number of rotatable bonds is 4. The Morgan fingerprint density at radius 2 is 2.33 bits per heavy atom. The fourth-order valence-electron chi connectivity index (χ4n) is 1.59. The van der Waals surface area contributed by atoms with Gasteiger partial charge in [0.15, 0.2) is 11.3 Å². The van der Waals surface area contributed by atoms with E-state index in [-0.39, 0.29) is 5.69 Å². The second-order valence-electron chi connectivity index (χ2n) is 3.55. The summed E-state index contributed by atoms with van der Waals surface area (Å²) in [7, 11) is 0. The lowest BCUT2D eigenvalue weighted by molar-refractivity contribution is 0.0519. The molecule has 0 radical (unpaired) electrons. The van der Waals surface area contributed by atoms with Crippen molar-refractivity contribution in [3.8, 4) is 0 Å². The molecule has 2 heterocycles. The largest absolute Gasteiger partial charge is 0.461 e. The quantitative estimate of drug-likeness (QED) is 0.639. The van der Waals surface area contributed by atoms with E-state index in [9.17, 15) is 4.79 Å². The minimum Gasteiger partial charge on any atom is -0.461 e. The van der Waals surface area contributed by atoms with E-state index in [4.69, 9.17) is 27.9 Å².